The van der Waals surface area contributed by atoms with Gasteiger partial charge in [0.2, 0.25) is 5.91 Å². The SMILES string of the molecule is COC(=O)Cc1ccc2c(c1)NC(=O)CCCC[C@H](N1CC[C@H](c3c(F)ccc(Cl)c3F)OC1=O)c1ncc-2[nH]1. The van der Waals surface area contributed by atoms with Gasteiger partial charge < -0.3 is 19.8 Å². The van der Waals surface area contributed by atoms with Crippen molar-refractivity contribution in [2.45, 2.75) is 50.7 Å². The Balaban J connectivity index is 1.43. The largest absolute Gasteiger partial charge is 0.469 e. The monoisotopic (exact) mass is 572 g/mol. The number of fused-ring (bicyclic) bond motifs is 4. The summed E-state index contributed by atoms with van der Waals surface area (Å²) in [7, 11) is 1.31. The number of amides is 2. The minimum Gasteiger partial charge on any atom is -0.469 e. The van der Waals surface area contributed by atoms with Gasteiger partial charge in [0.15, 0.2) is 5.82 Å². The van der Waals surface area contributed by atoms with Crippen LogP contribution < -0.4 is 5.32 Å². The number of aromatic amines is 1. The Morgan fingerprint density at radius 1 is 1.20 bits per heavy atom. The molecule has 5 rings (SSSR count). The number of carbonyl (C=O) groups is 3. The quantitative estimate of drug-likeness (QED) is 0.299. The van der Waals surface area contributed by atoms with Gasteiger partial charge in [-0.1, -0.05) is 30.2 Å². The lowest BCUT2D eigenvalue weighted by atomic mass is 10.0. The number of methoxy groups -OCH3 is 1. The van der Waals surface area contributed by atoms with Crippen LogP contribution in [0.3, 0.4) is 0 Å². The fourth-order valence-corrected chi connectivity index (χ4v) is 5.28. The highest BCUT2D eigenvalue weighted by atomic mass is 35.5. The van der Waals surface area contributed by atoms with Gasteiger partial charge in [-0.15, -0.1) is 0 Å². The Labute approximate surface area is 233 Å². The van der Waals surface area contributed by atoms with Gasteiger partial charge in [0.05, 0.1) is 47.7 Å². The average Bonchev–Trinajstić information content (AvgIpc) is 3.41. The summed E-state index contributed by atoms with van der Waals surface area (Å²) in [4.78, 5) is 47.0. The molecule has 1 fully saturated rings. The van der Waals surface area contributed by atoms with E-state index in [1.807, 2.05) is 0 Å². The number of H-pyrrole nitrogens is 1. The standard InChI is InChI=1S/C28H27ClF2N4O5/c1-39-24(37)13-15-6-7-16-19(12-15)33-23(36)5-3-2-4-21(27-32-14-20(16)34-27)35-11-10-22(40-28(35)38)25-18(30)9-8-17(29)26(25)31/h6-9,12,14,21-22H,2-5,10-11,13H2,1H3,(H,32,34)(H,33,36)/t21-,22+/m0/s1. The third-order valence-electron chi connectivity index (χ3n) is 7.15. The molecular formula is C28H27ClF2N4O5. The lowest BCUT2D eigenvalue weighted by Gasteiger charge is -2.36. The lowest BCUT2D eigenvalue weighted by molar-refractivity contribution is -0.139. The molecule has 2 aliphatic heterocycles. The maximum absolute atomic E-state index is 14.6. The van der Waals surface area contributed by atoms with E-state index in [0.717, 1.165) is 12.1 Å². The van der Waals surface area contributed by atoms with Crippen LogP contribution in [0, 0.1) is 11.6 Å². The van der Waals surface area contributed by atoms with Gasteiger partial charge in [-0.3, -0.25) is 14.5 Å². The van der Waals surface area contributed by atoms with Gasteiger partial charge in [0.1, 0.15) is 17.7 Å². The van der Waals surface area contributed by atoms with Crippen molar-refractivity contribution in [3.05, 3.63) is 70.1 Å². The van der Waals surface area contributed by atoms with E-state index in [1.54, 1.807) is 24.4 Å². The van der Waals surface area contributed by atoms with E-state index >= 15 is 0 Å². The number of esters is 1. The Morgan fingerprint density at radius 2 is 2.02 bits per heavy atom. The number of anilines is 1. The fourth-order valence-electron chi connectivity index (χ4n) is 5.12. The predicted molar refractivity (Wildman–Crippen MR) is 141 cm³/mol. The topological polar surface area (TPSA) is 114 Å². The van der Waals surface area contributed by atoms with Crippen LogP contribution in [0.2, 0.25) is 5.02 Å². The maximum Gasteiger partial charge on any atom is 0.411 e. The van der Waals surface area contributed by atoms with E-state index in [2.05, 4.69) is 15.3 Å². The normalized spacial score (nSPS) is 19.6. The van der Waals surface area contributed by atoms with Crippen molar-refractivity contribution in [2.75, 3.05) is 19.0 Å². The molecule has 0 spiro atoms. The number of carbonyl (C=O) groups excluding carboxylic acids is 3. The molecule has 2 amide bonds. The molecular weight excluding hydrogens is 546 g/mol. The Morgan fingerprint density at radius 3 is 2.80 bits per heavy atom. The summed E-state index contributed by atoms with van der Waals surface area (Å²) in [5, 5.41) is 2.68. The zero-order valence-electron chi connectivity index (χ0n) is 21.6. The first kappa shape index (κ1) is 27.6. The van der Waals surface area contributed by atoms with Crippen LogP contribution in [-0.2, 0) is 25.5 Å². The second-order valence-electron chi connectivity index (χ2n) is 9.74. The smallest absolute Gasteiger partial charge is 0.411 e. The molecule has 0 unspecified atom stereocenters. The lowest BCUT2D eigenvalue weighted by Crippen LogP contribution is -2.42. The first-order valence-corrected chi connectivity index (χ1v) is 13.3. The molecule has 12 heteroatoms. The van der Waals surface area contributed by atoms with Crippen molar-refractivity contribution in [2.24, 2.45) is 0 Å². The summed E-state index contributed by atoms with van der Waals surface area (Å²) in [6.07, 6.45) is 1.88. The second-order valence-corrected chi connectivity index (χ2v) is 10.1. The zero-order chi connectivity index (χ0) is 28.4. The summed E-state index contributed by atoms with van der Waals surface area (Å²) in [5.74, 6) is -1.84. The van der Waals surface area contributed by atoms with Gasteiger partial charge in [-0.2, -0.15) is 0 Å². The first-order chi connectivity index (χ1) is 19.2. The highest BCUT2D eigenvalue weighted by Crippen LogP contribution is 2.38. The van der Waals surface area contributed by atoms with Crippen LogP contribution in [-0.4, -0.2) is 46.5 Å². The minimum absolute atomic E-state index is 0.0526. The van der Waals surface area contributed by atoms with Gasteiger partial charge in [-0.05, 0) is 36.6 Å². The molecule has 210 valence electrons. The summed E-state index contributed by atoms with van der Waals surface area (Å²) in [5.41, 5.74) is 2.09. The van der Waals surface area contributed by atoms with Crippen molar-refractivity contribution in [3.63, 3.8) is 0 Å². The van der Waals surface area contributed by atoms with Gasteiger partial charge in [0.25, 0.3) is 0 Å². The number of aromatic nitrogens is 2. The van der Waals surface area contributed by atoms with Crippen LogP contribution in [0.15, 0.2) is 36.5 Å². The number of rotatable bonds is 4. The highest BCUT2D eigenvalue weighted by Gasteiger charge is 2.37. The van der Waals surface area contributed by atoms with Crippen molar-refractivity contribution < 1.29 is 32.6 Å². The van der Waals surface area contributed by atoms with Crippen molar-refractivity contribution in [3.8, 4) is 11.3 Å². The van der Waals surface area contributed by atoms with E-state index in [0.29, 0.717) is 47.6 Å². The number of ether oxygens (including phenoxy) is 2. The molecule has 1 saturated heterocycles. The Kier molecular flexibility index (Phi) is 8.02. The maximum atomic E-state index is 14.6. The third-order valence-corrected chi connectivity index (χ3v) is 7.45. The van der Waals surface area contributed by atoms with E-state index < -0.39 is 35.8 Å². The molecule has 9 nitrogen and oxygen atoms in total. The van der Waals surface area contributed by atoms with Crippen molar-refractivity contribution >= 4 is 35.3 Å². The molecule has 2 N–H and O–H groups in total. The number of nitrogens with zero attached hydrogens (tertiary/aromatic N) is 2. The summed E-state index contributed by atoms with van der Waals surface area (Å²) in [6.45, 7) is 0.170. The first-order valence-electron chi connectivity index (χ1n) is 12.9. The molecule has 3 aromatic rings. The average molecular weight is 573 g/mol. The van der Waals surface area contributed by atoms with Crippen LogP contribution in [0.5, 0.6) is 0 Å². The summed E-state index contributed by atoms with van der Waals surface area (Å²) in [6, 6.07) is 6.92. The third kappa shape index (κ3) is 5.65. The number of imidazole rings is 1. The highest BCUT2D eigenvalue weighted by molar-refractivity contribution is 6.30. The van der Waals surface area contributed by atoms with E-state index in [1.165, 1.54) is 12.0 Å². The number of hydrogen-bond donors (Lipinski definition) is 2. The molecule has 2 bridgehead atoms. The number of nitrogens with one attached hydrogen (secondary N) is 2. The number of halogens is 3. The zero-order valence-corrected chi connectivity index (χ0v) is 22.4. The minimum atomic E-state index is -1.12. The summed E-state index contributed by atoms with van der Waals surface area (Å²) < 4.78 is 39.3. The number of hydrogen-bond acceptors (Lipinski definition) is 6. The molecule has 3 heterocycles. The molecule has 0 saturated carbocycles. The molecule has 0 radical (unpaired) electrons. The van der Waals surface area contributed by atoms with Crippen LogP contribution in [0.4, 0.5) is 19.3 Å². The molecule has 40 heavy (non-hydrogen) atoms. The molecule has 2 aromatic carbocycles. The number of cyclic esters (lactones) is 1. The van der Waals surface area contributed by atoms with E-state index in [4.69, 9.17) is 21.1 Å². The Bertz CT molecular complexity index is 1460. The molecule has 0 aliphatic carbocycles. The predicted octanol–water partition coefficient (Wildman–Crippen LogP) is 5.86. The van der Waals surface area contributed by atoms with Crippen molar-refractivity contribution in [1.29, 1.82) is 0 Å². The fraction of sp³-hybridized carbons (Fsp3) is 0.357. The van der Waals surface area contributed by atoms with Crippen LogP contribution in [0.1, 0.15) is 61.2 Å². The second kappa shape index (κ2) is 11.6. The summed E-state index contributed by atoms with van der Waals surface area (Å²) >= 11 is 5.83. The Hall–Kier alpha value is -3.99. The molecule has 2 atom stereocenters. The van der Waals surface area contributed by atoms with E-state index in [9.17, 15) is 23.2 Å². The van der Waals surface area contributed by atoms with Gasteiger partial charge in [0, 0.05) is 24.9 Å². The molecule has 2 aliphatic rings. The molecule has 1 aromatic heterocycles. The van der Waals surface area contributed by atoms with E-state index in [-0.39, 0.29) is 42.3 Å². The number of benzene rings is 2. The van der Waals surface area contributed by atoms with Crippen molar-refractivity contribution in [1.82, 2.24) is 14.9 Å². The van der Waals surface area contributed by atoms with Crippen LogP contribution >= 0.6 is 11.6 Å². The van der Waals surface area contributed by atoms with Crippen LogP contribution in [0.25, 0.3) is 11.3 Å². The van der Waals surface area contributed by atoms with Gasteiger partial charge >= 0.3 is 12.1 Å². The van der Waals surface area contributed by atoms with Gasteiger partial charge in [-0.25, -0.2) is 18.6 Å².